The fraction of sp³-hybridized carbons (Fsp3) is 0.188. The van der Waals surface area contributed by atoms with Crippen LogP contribution >= 0.6 is 23.4 Å². The normalized spacial score (nSPS) is 23.5. The van der Waals surface area contributed by atoms with Crippen LogP contribution in [0.15, 0.2) is 48.5 Å². The van der Waals surface area contributed by atoms with Gasteiger partial charge in [-0.25, -0.2) is 0 Å². The van der Waals surface area contributed by atoms with Crippen LogP contribution in [0.3, 0.4) is 0 Å². The minimum Gasteiger partial charge on any atom is -0.355 e. The van der Waals surface area contributed by atoms with Crippen molar-refractivity contribution in [1.29, 1.82) is 0 Å². The number of thioether (sulfide) groups is 1. The second-order valence-electron chi connectivity index (χ2n) is 5.16. The SMILES string of the molecule is O=C1C[C@H](c2ccc(Cl)cc2)S[C@H]2Nc3ccccc3N12. The van der Waals surface area contributed by atoms with Gasteiger partial charge in [-0.15, -0.1) is 11.8 Å². The number of hydrogen-bond donors (Lipinski definition) is 1. The lowest BCUT2D eigenvalue weighted by atomic mass is 10.1. The molecule has 106 valence electrons. The van der Waals surface area contributed by atoms with Gasteiger partial charge in [0.1, 0.15) is 0 Å². The molecule has 0 spiro atoms. The van der Waals surface area contributed by atoms with Crippen molar-refractivity contribution in [2.45, 2.75) is 17.2 Å². The number of hydrogen-bond acceptors (Lipinski definition) is 3. The molecule has 0 aliphatic carbocycles. The van der Waals surface area contributed by atoms with Crippen molar-refractivity contribution < 1.29 is 4.79 Å². The topological polar surface area (TPSA) is 32.3 Å². The summed E-state index contributed by atoms with van der Waals surface area (Å²) in [6.07, 6.45) is 0.513. The van der Waals surface area contributed by atoms with Crippen LogP contribution in [0.4, 0.5) is 11.4 Å². The Kier molecular flexibility index (Phi) is 3.08. The summed E-state index contributed by atoms with van der Waals surface area (Å²) < 4.78 is 0. The maximum Gasteiger partial charge on any atom is 0.230 e. The summed E-state index contributed by atoms with van der Waals surface area (Å²) in [6, 6.07) is 15.7. The van der Waals surface area contributed by atoms with Gasteiger partial charge in [0, 0.05) is 16.7 Å². The molecule has 5 heteroatoms. The summed E-state index contributed by atoms with van der Waals surface area (Å²) in [5.74, 6) is 0.163. The first-order valence-electron chi connectivity index (χ1n) is 6.81. The Morgan fingerprint density at radius 1 is 1.14 bits per heavy atom. The molecule has 0 saturated carbocycles. The summed E-state index contributed by atoms with van der Waals surface area (Å²) in [5.41, 5.74) is 3.13. The number of nitrogens with one attached hydrogen (secondary N) is 1. The van der Waals surface area contributed by atoms with Gasteiger partial charge in [-0.2, -0.15) is 0 Å². The van der Waals surface area contributed by atoms with E-state index in [1.54, 1.807) is 11.8 Å². The number of amides is 1. The molecular formula is C16H13ClN2OS. The molecule has 2 aliphatic heterocycles. The molecule has 1 N–H and O–H groups in total. The molecule has 2 aromatic rings. The van der Waals surface area contributed by atoms with Crippen molar-refractivity contribution in [2.24, 2.45) is 0 Å². The predicted molar refractivity (Wildman–Crippen MR) is 87.7 cm³/mol. The van der Waals surface area contributed by atoms with Crippen molar-refractivity contribution in [2.75, 3.05) is 10.2 Å². The Morgan fingerprint density at radius 3 is 2.71 bits per heavy atom. The Morgan fingerprint density at radius 2 is 1.90 bits per heavy atom. The van der Waals surface area contributed by atoms with Crippen LogP contribution in [0.1, 0.15) is 17.2 Å². The van der Waals surface area contributed by atoms with E-state index in [-0.39, 0.29) is 16.7 Å². The van der Waals surface area contributed by atoms with E-state index in [1.807, 2.05) is 53.4 Å². The molecule has 2 aliphatic rings. The number of carbonyl (C=O) groups is 1. The summed E-state index contributed by atoms with van der Waals surface area (Å²) in [6.45, 7) is 0. The average Bonchev–Trinajstić information content (AvgIpc) is 2.86. The van der Waals surface area contributed by atoms with Crippen LogP contribution in [0, 0.1) is 0 Å². The molecule has 0 aromatic heterocycles. The van der Waals surface area contributed by atoms with Crippen molar-refractivity contribution in [1.82, 2.24) is 0 Å². The number of para-hydroxylation sites is 2. The molecule has 1 amide bonds. The van der Waals surface area contributed by atoms with E-state index in [0.717, 1.165) is 22.0 Å². The number of halogens is 1. The van der Waals surface area contributed by atoms with E-state index in [1.165, 1.54) is 0 Å². The van der Waals surface area contributed by atoms with Gasteiger partial charge < -0.3 is 5.32 Å². The first-order valence-corrected chi connectivity index (χ1v) is 8.13. The molecule has 0 radical (unpaired) electrons. The van der Waals surface area contributed by atoms with Crippen molar-refractivity contribution in [3.63, 3.8) is 0 Å². The highest BCUT2D eigenvalue weighted by Gasteiger charge is 2.40. The Bertz CT molecular complexity index is 704. The van der Waals surface area contributed by atoms with Gasteiger partial charge in [-0.3, -0.25) is 9.69 Å². The highest BCUT2D eigenvalue weighted by atomic mass is 35.5. The largest absolute Gasteiger partial charge is 0.355 e. The smallest absolute Gasteiger partial charge is 0.230 e. The molecular weight excluding hydrogens is 304 g/mol. The van der Waals surface area contributed by atoms with Gasteiger partial charge in [-0.05, 0) is 29.8 Å². The summed E-state index contributed by atoms with van der Waals surface area (Å²) in [5, 5.41) is 4.31. The maximum atomic E-state index is 12.5. The Balaban J connectivity index is 1.63. The fourth-order valence-corrected chi connectivity index (χ4v) is 4.36. The van der Waals surface area contributed by atoms with Crippen LogP contribution < -0.4 is 10.2 Å². The van der Waals surface area contributed by atoms with Crippen molar-refractivity contribution in [3.8, 4) is 0 Å². The third kappa shape index (κ3) is 2.19. The van der Waals surface area contributed by atoms with Crippen molar-refractivity contribution >= 4 is 40.6 Å². The lowest BCUT2D eigenvalue weighted by Crippen LogP contribution is -2.43. The van der Waals surface area contributed by atoms with E-state index in [9.17, 15) is 4.79 Å². The Labute approximate surface area is 132 Å². The highest BCUT2D eigenvalue weighted by Crippen LogP contribution is 2.48. The first-order chi connectivity index (χ1) is 10.2. The first kappa shape index (κ1) is 13.0. The van der Waals surface area contributed by atoms with Gasteiger partial charge in [0.25, 0.3) is 0 Å². The maximum absolute atomic E-state index is 12.5. The number of benzene rings is 2. The molecule has 2 heterocycles. The quantitative estimate of drug-likeness (QED) is 0.853. The van der Waals surface area contributed by atoms with Crippen LogP contribution in [0.25, 0.3) is 0 Å². The lowest BCUT2D eigenvalue weighted by Gasteiger charge is -2.34. The lowest BCUT2D eigenvalue weighted by molar-refractivity contribution is -0.118. The van der Waals surface area contributed by atoms with E-state index in [4.69, 9.17) is 11.6 Å². The van der Waals surface area contributed by atoms with E-state index < -0.39 is 0 Å². The van der Waals surface area contributed by atoms with Crippen LogP contribution in [0.5, 0.6) is 0 Å². The van der Waals surface area contributed by atoms with E-state index in [0.29, 0.717) is 6.42 Å². The molecule has 1 saturated heterocycles. The van der Waals surface area contributed by atoms with Crippen LogP contribution in [-0.4, -0.2) is 11.4 Å². The number of carbonyl (C=O) groups excluding carboxylic acids is 1. The highest BCUT2D eigenvalue weighted by molar-refractivity contribution is 8.00. The minimum absolute atomic E-state index is 0.0238. The Hall–Kier alpha value is -1.65. The summed E-state index contributed by atoms with van der Waals surface area (Å²) in [7, 11) is 0. The zero-order valence-corrected chi connectivity index (χ0v) is 12.7. The van der Waals surface area contributed by atoms with Gasteiger partial charge in [-0.1, -0.05) is 35.9 Å². The second-order valence-corrected chi connectivity index (χ2v) is 6.88. The third-order valence-corrected chi connectivity index (χ3v) is 5.45. The molecule has 3 nitrogen and oxygen atoms in total. The van der Waals surface area contributed by atoms with Crippen molar-refractivity contribution in [3.05, 3.63) is 59.1 Å². The van der Waals surface area contributed by atoms with Crippen LogP contribution in [-0.2, 0) is 4.79 Å². The number of fused-ring (bicyclic) bond motifs is 3. The monoisotopic (exact) mass is 316 g/mol. The summed E-state index contributed by atoms with van der Waals surface area (Å²) in [4.78, 5) is 14.4. The molecule has 0 bridgehead atoms. The zero-order valence-electron chi connectivity index (χ0n) is 11.1. The molecule has 4 rings (SSSR count). The van der Waals surface area contributed by atoms with E-state index >= 15 is 0 Å². The van der Waals surface area contributed by atoms with Gasteiger partial charge in [0.15, 0.2) is 5.50 Å². The van der Waals surface area contributed by atoms with Gasteiger partial charge in [0.2, 0.25) is 5.91 Å². The fourth-order valence-electron chi connectivity index (χ4n) is 2.82. The molecule has 2 aromatic carbocycles. The van der Waals surface area contributed by atoms with Crippen LogP contribution in [0.2, 0.25) is 5.02 Å². The average molecular weight is 317 g/mol. The third-order valence-electron chi connectivity index (χ3n) is 3.84. The number of anilines is 2. The molecule has 2 atom stereocenters. The predicted octanol–water partition coefficient (Wildman–Crippen LogP) is 4.26. The van der Waals surface area contributed by atoms with Gasteiger partial charge >= 0.3 is 0 Å². The standard InChI is InChI=1S/C16H13ClN2OS/c17-11-7-5-10(6-8-11)14-9-15(20)19-13-4-2-1-3-12(13)18-16(19)21-14/h1-8,14,16,18H,9H2/t14-,16+/m1/s1. The second kappa shape index (κ2) is 4.97. The van der Waals surface area contributed by atoms with E-state index in [2.05, 4.69) is 5.32 Å². The summed E-state index contributed by atoms with van der Waals surface area (Å²) >= 11 is 7.71. The number of nitrogens with zero attached hydrogens (tertiary/aromatic N) is 1. The molecule has 1 fully saturated rings. The van der Waals surface area contributed by atoms with Gasteiger partial charge in [0.05, 0.1) is 11.4 Å². The minimum atomic E-state index is -0.0238. The molecule has 21 heavy (non-hydrogen) atoms. The zero-order chi connectivity index (χ0) is 14.4. The number of rotatable bonds is 1. The molecule has 0 unspecified atom stereocenters.